The molecule has 0 bridgehead atoms. The quantitative estimate of drug-likeness (QED) is 0.364. The minimum atomic E-state index is 0. The number of unbranched alkanes of at least 4 members (excludes halogenated alkanes) is 3. The summed E-state index contributed by atoms with van der Waals surface area (Å²) in [4.78, 5) is 0. The Morgan fingerprint density at radius 1 is 0.962 bits per heavy atom. The summed E-state index contributed by atoms with van der Waals surface area (Å²) >= 11 is 12.9. The van der Waals surface area contributed by atoms with Crippen molar-refractivity contribution in [2.45, 2.75) is 52.1 Å². The van der Waals surface area contributed by atoms with E-state index in [0.717, 1.165) is 25.9 Å². The topological polar surface area (TPSA) is 8.81 Å². The Kier molecular flexibility index (Phi) is 8.46. The molecule has 0 amide bonds. The Morgan fingerprint density at radius 2 is 1.73 bits per heavy atom. The molecule has 0 atom stereocenters. The van der Waals surface area contributed by atoms with Crippen molar-refractivity contribution < 1.29 is 21.5 Å². The molecule has 3 rings (SSSR count). The van der Waals surface area contributed by atoms with Gasteiger partial charge in [0.1, 0.15) is 0 Å². The van der Waals surface area contributed by atoms with Crippen LogP contribution in [0, 0.1) is 0 Å². The molecule has 1 aromatic heterocycles. The third-order valence-electron chi connectivity index (χ3n) is 4.71. The van der Waals surface area contributed by atoms with Crippen LogP contribution in [0.5, 0.6) is 0 Å². The number of rotatable bonds is 8. The average molecular weight is 456 g/mol. The van der Waals surface area contributed by atoms with Gasteiger partial charge < -0.3 is 17.0 Å². The molecule has 0 fully saturated rings. The van der Waals surface area contributed by atoms with Crippen LogP contribution in [0.15, 0.2) is 48.8 Å². The van der Waals surface area contributed by atoms with Gasteiger partial charge >= 0.3 is 0 Å². The molecule has 2 nitrogen and oxygen atoms in total. The van der Waals surface area contributed by atoms with E-state index in [0.29, 0.717) is 10.3 Å². The number of hydrogen-bond acceptors (Lipinski definition) is 0. The van der Waals surface area contributed by atoms with Crippen LogP contribution < -0.4 is 21.5 Å². The molecule has 0 radical (unpaired) electrons. The monoisotopic (exact) mass is 454 g/mol. The van der Waals surface area contributed by atoms with Gasteiger partial charge in [-0.25, -0.2) is 9.13 Å². The lowest BCUT2D eigenvalue weighted by atomic mass is 10.0. The smallest absolute Gasteiger partial charge is 0.255 e. The van der Waals surface area contributed by atoms with Crippen LogP contribution in [0.3, 0.4) is 0 Å². The number of aryl methyl sites for hydroxylation is 3. The highest BCUT2D eigenvalue weighted by Gasteiger charge is 2.19. The summed E-state index contributed by atoms with van der Waals surface area (Å²) < 4.78 is 4.13. The first-order chi connectivity index (χ1) is 12.2. The van der Waals surface area contributed by atoms with Crippen molar-refractivity contribution in [3.8, 4) is 0 Å². The summed E-state index contributed by atoms with van der Waals surface area (Å²) in [5.74, 6) is 0. The van der Waals surface area contributed by atoms with Gasteiger partial charge in [0.2, 0.25) is 6.33 Å². The summed E-state index contributed by atoms with van der Waals surface area (Å²) in [5, 5.41) is 3.88. The number of halogens is 3. The van der Waals surface area contributed by atoms with E-state index in [1.807, 2.05) is 0 Å². The minimum absolute atomic E-state index is 0. The van der Waals surface area contributed by atoms with Crippen molar-refractivity contribution in [2.75, 3.05) is 0 Å². The predicted octanol–water partition coefficient (Wildman–Crippen LogP) is 3.06. The van der Waals surface area contributed by atoms with E-state index in [1.165, 1.54) is 35.6 Å². The van der Waals surface area contributed by atoms with E-state index in [2.05, 4.69) is 64.8 Å². The molecular formula is C21H25BrCl2N2. The fourth-order valence-electron chi connectivity index (χ4n) is 3.28. The molecule has 0 N–H and O–H groups in total. The first-order valence-electron chi connectivity index (χ1n) is 9.11. The molecule has 0 saturated carbocycles. The molecule has 0 spiro atoms. The predicted molar refractivity (Wildman–Crippen MR) is 106 cm³/mol. The maximum atomic E-state index is 6.45. The van der Waals surface area contributed by atoms with Crippen molar-refractivity contribution >= 4 is 34.0 Å². The van der Waals surface area contributed by atoms with Crippen molar-refractivity contribution in [3.63, 3.8) is 0 Å². The zero-order valence-corrected chi connectivity index (χ0v) is 18.2. The van der Waals surface area contributed by atoms with Gasteiger partial charge in [0.15, 0.2) is 0 Å². The van der Waals surface area contributed by atoms with Crippen molar-refractivity contribution in [1.29, 1.82) is 0 Å². The number of nitrogens with zero attached hydrogens (tertiary/aromatic N) is 2. The molecule has 1 heterocycles. The lowest BCUT2D eigenvalue weighted by molar-refractivity contribution is -0.694. The third-order valence-corrected chi connectivity index (χ3v) is 5.60. The van der Waals surface area contributed by atoms with Gasteiger partial charge in [0, 0.05) is 6.42 Å². The molecule has 26 heavy (non-hydrogen) atoms. The lowest BCUT2D eigenvalue weighted by Crippen LogP contribution is -3.00. The molecule has 5 heteroatoms. The minimum Gasteiger partial charge on any atom is -1.00 e. The molecule has 0 aliphatic rings. The van der Waals surface area contributed by atoms with Crippen molar-refractivity contribution in [2.24, 2.45) is 0 Å². The maximum absolute atomic E-state index is 6.45. The third kappa shape index (κ3) is 5.03. The molecule has 0 unspecified atom stereocenters. The Morgan fingerprint density at radius 3 is 2.54 bits per heavy atom. The zero-order chi connectivity index (χ0) is 17.6. The zero-order valence-electron chi connectivity index (χ0n) is 15.1. The summed E-state index contributed by atoms with van der Waals surface area (Å²) in [6.45, 7) is 3.98. The molecule has 3 aromatic rings. The number of fused-ring (bicyclic) bond motifs is 1. The summed E-state index contributed by atoms with van der Waals surface area (Å²) in [7, 11) is 0. The van der Waals surface area contributed by atoms with E-state index in [4.69, 9.17) is 23.2 Å². The van der Waals surface area contributed by atoms with Crippen LogP contribution in [-0.4, -0.2) is 4.57 Å². The normalized spacial score (nSPS) is 10.9. The Hall–Kier alpha value is -1.03. The van der Waals surface area contributed by atoms with Gasteiger partial charge in [-0.15, -0.1) is 0 Å². The highest BCUT2D eigenvalue weighted by Crippen LogP contribution is 2.22. The van der Waals surface area contributed by atoms with Gasteiger partial charge in [0.25, 0.3) is 10.3 Å². The Balaban J connectivity index is 0.00000243. The lowest BCUT2D eigenvalue weighted by Gasteiger charge is -2.05. The van der Waals surface area contributed by atoms with E-state index in [-0.39, 0.29) is 17.0 Å². The number of benzene rings is 2. The maximum Gasteiger partial charge on any atom is 0.255 e. The van der Waals surface area contributed by atoms with E-state index < -0.39 is 0 Å². The number of imidazole rings is 1. The summed E-state index contributed by atoms with van der Waals surface area (Å²) in [6.07, 6.45) is 7.88. The largest absolute Gasteiger partial charge is 1.00 e. The Labute approximate surface area is 176 Å². The van der Waals surface area contributed by atoms with Crippen LogP contribution >= 0.6 is 23.2 Å². The highest BCUT2D eigenvalue weighted by molar-refractivity contribution is 6.39. The second-order valence-corrected chi connectivity index (χ2v) is 7.25. The van der Waals surface area contributed by atoms with Crippen LogP contribution in [0.25, 0.3) is 10.8 Å². The highest BCUT2D eigenvalue weighted by atomic mass is 79.9. The van der Waals surface area contributed by atoms with E-state index in [9.17, 15) is 0 Å². The molecule has 140 valence electrons. The van der Waals surface area contributed by atoms with E-state index in [1.54, 1.807) is 0 Å². The van der Waals surface area contributed by atoms with Gasteiger partial charge in [-0.2, -0.15) is 0 Å². The van der Waals surface area contributed by atoms with Gasteiger partial charge in [-0.1, -0.05) is 62.2 Å². The van der Waals surface area contributed by atoms with E-state index >= 15 is 0 Å². The first-order valence-corrected chi connectivity index (χ1v) is 9.86. The van der Waals surface area contributed by atoms with Gasteiger partial charge in [-0.3, -0.25) is 0 Å². The Bertz CT molecular complexity index is 840. The van der Waals surface area contributed by atoms with Gasteiger partial charge in [-0.05, 0) is 52.4 Å². The summed E-state index contributed by atoms with van der Waals surface area (Å²) in [6, 6.07) is 15.0. The average Bonchev–Trinajstić information content (AvgIpc) is 2.91. The SMILES string of the molecule is CCCCCC[n+]1cn(CCc2cccc3ccccc23)c(Cl)c1Cl.[Br-]. The fraction of sp³-hybridized carbons (Fsp3) is 0.381. The molecular weight excluding hydrogens is 431 g/mol. The molecule has 0 aliphatic carbocycles. The van der Waals surface area contributed by atoms with Crippen molar-refractivity contribution in [1.82, 2.24) is 4.57 Å². The van der Waals surface area contributed by atoms with Crippen LogP contribution in [-0.2, 0) is 19.5 Å². The molecule has 0 saturated heterocycles. The summed E-state index contributed by atoms with van der Waals surface area (Å²) in [5.41, 5.74) is 1.34. The van der Waals surface area contributed by atoms with Crippen LogP contribution in [0.4, 0.5) is 0 Å². The van der Waals surface area contributed by atoms with Gasteiger partial charge in [0.05, 0.1) is 13.1 Å². The molecule has 2 aromatic carbocycles. The number of aromatic nitrogens is 2. The number of hydrogen-bond donors (Lipinski definition) is 0. The fourth-order valence-corrected chi connectivity index (χ4v) is 3.75. The second kappa shape index (κ2) is 10.3. The first kappa shape index (κ1) is 21.3. The van der Waals surface area contributed by atoms with Crippen LogP contribution in [0.2, 0.25) is 10.3 Å². The van der Waals surface area contributed by atoms with Crippen LogP contribution in [0.1, 0.15) is 38.2 Å². The standard InChI is InChI=1S/C21H25Cl2N2.BrH/c1-2-3-4-7-14-24-16-25(21(23)20(24)22)15-13-18-11-8-10-17-9-5-6-12-19(17)18;/h5-6,8-12,16H,2-4,7,13-15H2,1H3;1H/q+1;/p-1. The van der Waals surface area contributed by atoms with Crippen molar-refractivity contribution in [3.05, 3.63) is 64.7 Å². The molecule has 0 aliphatic heterocycles. The second-order valence-electron chi connectivity index (χ2n) is 6.53.